The van der Waals surface area contributed by atoms with Gasteiger partial charge in [0.25, 0.3) is 0 Å². The Kier molecular flexibility index (Phi) is 16.7. The quantitative estimate of drug-likeness (QED) is 0.527. The molecule has 0 atom stereocenters. The second-order valence-corrected chi connectivity index (χ2v) is 8.04. The van der Waals surface area contributed by atoms with Crippen molar-refractivity contribution in [2.45, 2.75) is 79.9 Å². The third-order valence-electron chi connectivity index (χ3n) is 4.41. The maximum atomic E-state index is 11.3. The highest BCUT2D eigenvalue weighted by Gasteiger charge is 2.18. The minimum absolute atomic E-state index is 0.000531. The first kappa shape index (κ1) is 29.1. The summed E-state index contributed by atoms with van der Waals surface area (Å²) in [4.78, 5) is 13.1. The molecule has 0 spiro atoms. The number of likely N-dealkylation sites (tertiary alicyclic amines) is 1. The Bertz CT molecular complexity index is 662. The van der Waals surface area contributed by atoms with Gasteiger partial charge in [-0.25, -0.2) is 4.79 Å². The Morgan fingerprint density at radius 2 is 1.81 bits per heavy atom. The molecule has 1 saturated heterocycles. The van der Waals surface area contributed by atoms with Crippen molar-refractivity contribution < 1.29 is 14.3 Å². The summed E-state index contributed by atoms with van der Waals surface area (Å²) in [6.45, 7) is 14.7. The summed E-state index contributed by atoms with van der Waals surface area (Å²) in [6.07, 6.45) is 10.1. The summed E-state index contributed by atoms with van der Waals surface area (Å²) >= 11 is 5.32. The molecule has 8 heteroatoms. The van der Waals surface area contributed by atoms with Gasteiger partial charge in [0.2, 0.25) is 0 Å². The van der Waals surface area contributed by atoms with Crippen LogP contribution in [0.2, 0.25) is 0 Å². The predicted octanol–water partition coefficient (Wildman–Crippen LogP) is 5.52. The van der Waals surface area contributed by atoms with Crippen molar-refractivity contribution in [3.05, 3.63) is 34.9 Å². The molecule has 1 amide bonds. The fraction of sp³-hybridized carbons (Fsp3) is 0.696. The van der Waals surface area contributed by atoms with Crippen molar-refractivity contribution in [3.63, 3.8) is 0 Å². The molecule has 0 radical (unpaired) electrons. The van der Waals surface area contributed by atoms with Crippen LogP contribution >= 0.6 is 11.6 Å². The second kappa shape index (κ2) is 17.8. The molecule has 0 N–H and O–H groups in total. The van der Waals surface area contributed by atoms with E-state index in [0.29, 0.717) is 6.61 Å². The number of hydrogen-bond acceptors (Lipinski definition) is 5. The van der Waals surface area contributed by atoms with E-state index in [9.17, 15) is 4.79 Å². The summed E-state index contributed by atoms with van der Waals surface area (Å²) in [5, 5.41) is 9.00. The van der Waals surface area contributed by atoms with Gasteiger partial charge in [0.05, 0.1) is 12.7 Å². The van der Waals surface area contributed by atoms with Crippen LogP contribution in [-0.4, -0.2) is 58.7 Å². The molecule has 0 unspecified atom stereocenters. The highest BCUT2D eigenvalue weighted by atomic mass is 35.5. The fourth-order valence-electron chi connectivity index (χ4n) is 2.60. The third-order valence-corrected chi connectivity index (χ3v) is 4.63. The molecule has 1 fully saturated rings. The van der Waals surface area contributed by atoms with Crippen LogP contribution in [0.4, 0.5) is 4.79 Å². The van der Waals surface area contributed by atoms with E-state index in [1.807, 2.05) is 53.7 Å². The molecule has 178 valence electrons. The summed E-state index contributed by atoms with van der Waals surface area (Å²) in [5.74, 6) is 1.94. The number of aromatic nitrogens is 3. The lowest BCUT2D eigenvalue weighted by Gasteiger charge is -2.26. The zero-order valence-electron chi connectivity index (χ0n) is 20.4. The number of hydrogen-bond donors (Lipinski definition) is 0. The van der Waals surface area contributed by atoms with Crippen LogP contribution in [-0.2, 0) is 22.4 Å². The monoisotopic (exact) mass is 456 g/mol. The van der Waals surface area contributed by atoms with E-state index in [2.05, 4.69) is 20.8 Å². The van der Waals surface area contributed by atoms with E-state index in [1.54, 1.807) is 12.0 Å². The minimum atomic E-state index is -0.148. The van der Waals surface area contributed by atoms with Crippen LogP contribution in [0.1, 0.15) is 65.5 Å². The van der Waals surface area contributed by atoms with Crippen molar-refractivity contribution in [3.8, 4) is 0 Å². The molecule has 0 aromatic carbocycles. The number of allylic oxidation sites excluding steroid dienone is 4. The largest absolute Gasteiger partial charge is 0.447 e. The molecule has 31 heavy (non-hydrogen) atoms. The number of ether oxygens (including phenoxy) is 2. The third kappa shape index (κ3) is 13.9. The van der Waals surface area contributed by atoms with E-state index in [1.165, 1.54) is 6.42 Å². The zero-order chi connectivity index (χ0) is 23.6. The van der Waals surface area contributed by atoms with E-state index in [4.69, 9.17) is 21.1 Å². The normalized spacial score (nSPS) is 14.1. The van der Waals surface area contributed by atoms with Crippen molar-refractivity contribution in [2.75, 3.05) is 26.8 Å². The molecule has 2 rings (SSSR count). The number of carbonyl (C=O) groups excluding carboxylic acids is 1. The van der Waals surface area contributed by atoms with Crippen molar-refractivity contribution >= 4 is 17.7 Å². The van der Waals surface area contributed by atoms with Gasteiger partial charge in [0, 0.05) is 38.2 Å². The Labute approximate surface area is 193 Å². The molecular formula is C23H41ClN4O3. The van der Waals surface area contributed by atoms with Gasteiger partial charge in [-0.2, -0.15) is 0 Å². The zero-order valence-corrected chi connectivity index (χ0v) is 21.1. The lowest BCUT2D eigenvalue weighted by Crippen LogP contribution is -2.37. The minimum Gasteiger partial charge on any atom is -0.447 e. The lowest BCUT2D eigenvalue weighted by atomic mass is 10.1. The smallest absolute Gasteiger partial charge is 0.410 e. The molecule has 1 aromatic rings. The van der Waals surface area contributed by atoms with Gasteiger partial charge in [-0.1, -0.05) is 29.8 Å². The number of aryl methyl sites for hydroxylation is 1. The van der Waals surface area contributed by atoms with Crippen LogP contribution < -0.4 is 0 Å². The topological polar surface area (TPSA) is 69.5 Å². The van der Waals surface area contributed by atoms with Crippen molar-refractivity contribution in [2.24, 2.45) is 0 Å². The van der Waals surface area contributed by atoms with Gasteiger partial charge >= 0.3 is 6.09 Å². The Balaban J connectivity index is 0.000000483. The van der Waals surface area contributed by atoms with E-state index in [0.717, 1.165) is 55.6 Å². The van der Waals surface area contributed by atoms with E-state index in [-0.39, 0.29) is 12.2 Å². The molecular weight excluding hydrogens is 416 g/mol. The highest BCUT2D eigenvalue weighted by molar-refractivity contribution is 6.29. The van der Waals surface area contributed by atoms with Crippen LogP contribution in [0.3, 0.4) is 0 Å². The standard InChI is InChI=1S/C10H17N3O.C9H17NO2.C4H7Cl/c1-4-5-7-13-9(2)11-12-10(13)6-8-14-3;1-8(2)12-9(11)10-6-4-3-5-7-10;1-3-4(2)5/h4-5H,6-8H2,1-3H3;8H,3-7H2,1-2H3;3H,1-2H3/b5-4-;;4-3+. The maximum Gasteiger partial charge on any atom is 0.410 e. The first-order valence-corrected chi connectivity index (χ1v) is 11.4. The van der Waals surface area contributed by atoms with Gasteiger partial charge in [-0.05, 0) is 60.8 Å². The van der Waals surface area contributed by atoms with Crippen LogP contribution in [0, 0.1) is 6.92 Å². The molecule has 1 aliphatic heterocycles. The lowest BCUT2D eigenvalue weighted by molar-refractivity contribution is 0.0711. The van der Waals surface area contributed by atoms with E-state index < -0.39 is 0 Å². The van der Waals surface area contributed by atoms with Gasteiger partial charge < -0.3 is 18.9 Å². The maximum absolute atomic E-state index is 11.3. The van der Waals surface area contributed by atoms with Crippen LogP contribution in [0.25, 0.3) is 0 Å². The van der Waals surface area contributed by atoms with E-state index >= 15 is 0 Å². The van der Waals surface area contributed by atoms with Crippen molar-refractivity contribution in [1.82, 2.24) is 19.7 Å². The molecule has 0 saturated carbocycles. The average Bonchev–Trinajstić information content (AvgIpc) is 3.11. The summed E-state index contributed by atoms with van der Waals surface area (Å²) in [6, 6.07) is 0. The summed E-state index contributed by atoms with van der Waals surface area (Å²) in [5.41, 5.74) is 0. The van der Waals surface area contributed by atoms with Gasteiger partial charge in [-0.3, -0.25) is 0 Å². The molecule has 0 aliphatic carbocycles. The van der Waals surface area contributed by atoms with Gasteiger partial charge in [0.15, 0.2) is 0 Å². The number of halogens is 1. The van der Waals surface area contributed by atoms with Crippen molar-refractivity contribution in [1.29, 1.82) is 0 Å². The summed E-state index contributed by atoms with van der Waals surface area (Å²) < 4.78 is 12.2. The first-order chi connectivity index (χ1) is 14.8. The summed E-state index contributed by atoms with van der Waals surface area (Å²) in [7, 11) is 1.69. The second-order valence-electron chi connectivity index (χ2n) is 7.44. The Morgan fingerprint density at radius 3 is 2.29 bits per heavy atom. The van der Waals surface area contributed by atoms with Gasteiger partial charge in [-0.15, -0.1) is 10.2 Å². The number of nitrogens with zero attached hydrogens (tertiary/aromatic N) is 4. The number of methoxy groups -OCH3 is 1. The number of rotatable bonds is 6. The molecule has 1 aromatic heterocycles. The fourth-order valence-corrected chi connectivity index (χ4v) is 2.60. The molecule has 2 heterocycles. The van der Waals surface area contributed by atoms with Crippen LogP contribution in [0.5, 0.6) is 0 Å². The molecule has 1 aliphatic rings. The molecule has 0 bridgehead atoms. The predicted molar refractivity (Wildman–Crippen MR) is 127 cm³/mol. The molecule has 7 nitrogen and oxygen atoms in total. The van der Waals surface area contributed by atoms with Gasteiger partial charge in [0.1, 0.15) is 11.6 Å². The Morgan fingerprint density at radius 1 is 1.19 bits per heavy atom. The number of carbonyl (C=O) groups is 1. The SMILES string of the molecule is C/C=C(\C)Cl.C/C=C\Cn1c(C)nnc1CCOC.CC(C)OC(=O)N1CCCCC1. The number of amides is 1. The Hall–Kier alpha value is -1.86. The highest BCUT2D eigenvalue weighted by Crippen LogP contribution is 2.10. The first-order valence-electron chi connectivity index (χ1n) is 11.0. The van der Waals surface area contributed by atoms with Crippen LogP contribution in [0.15, 0.2) is 23.3 Å². The number of piperidine rings is 1. The average molecular weight is 457 g/mol.